The summed E-state index contributed by atoms with van der Waals surface area (Å²) in [6.45, 7) is 7.37. The molecular weight excluding hydrogens is 196 g/mol. The van der Waals surface area contributed by atoms with E-state index in [1.165, 1.54) is 22.0 Å². The van der Waals surface area contributed by atoms with Gasteiger partial charge < -0.3 is 10.7 Å². The average molecular weight is 216 g/mol. The second kappa shape index (κ2) is 3.95. The minimum atomic E-state index is 0.140. The Bertz CT molecular complexity index is 494. The molecule has 0 spiro atoms. The van der Waals surface area contributed by atoms with Gasteiger partial charge in [-0.2, -0.15) is 0 Å². The van der Waals surface area contributed by atoms with Crippen molar-refractivity contribution in [3.63, 3.8) is 0 Å². The summed E-state index contributed by atoms with van der Waals surface area (Å²) in [6.07, 6.45) is 3.14. The summed E-state index contributed by atoms with van der Waals surface area (Å²) in [5.41, 5.74) is 9.75. The zero-order valence-corrected chi connectivity index (χ0v) is 10.3. The van der Waals surface area contributed by atoms with Gasteiger partial charge in [0, 0.05) is 17.1 Å². The summed E-state index contributed by atoms with van der Waals surface area (Å²) in [5, 5.41) is 1.33. The van der Waals surface area contributed by atoms with E-state index in [0.717, 1.165) is 13.0 Å². The number of rotatable bonds is 3. The first kappa shape index (κ1) is 11.2. The van der Waals surface area contributed by atoms with Crippen LogP contribution in [-0.2, 0) is 5.41 Å². The summed E-state index contributed by atoms with van der Waals surface area (Å²) < 4.78 is 0. The number of para-hydroxylation sites is 1. The highest BCUT2D eigenvalue weighted by Gasteiger charge is 2.23. The summed E-state index contributed by atoms with van der Waals surface area (Å²) in [5.74, 6) is 0. The molecule has 16 heavy (non-hydrogen) atoms. The maximum atomic E-state index is 5.68. The molecule has 0 radical (unpaired) electrons. The minimum absolute atomic E-state index is 0.140. The first-order valence-electron chi connectivity index (χ1n) is 5.83. The molecule has 3 N–H and O–H groups in total. The summed E-state index contributed by atoms with van der Waals surface area (Å²) >= 11 is 0. The molecule has 0 saturated heterocycles. The zero-order chi connectivity index (χ0) is 11.8. The summed E-state index contributed by atoms with van der Waals surface area (Å²) in [7, 11) is 0. The third kappa shape index (κ3) is 1.74. The molecule has 0 bridgehead atoms. The van der Waals surface area contributed by atoms with E-state index in [2.05, 4.69) is 50.2 Å². The number of H-pyrrole nitrogens is 1. The molecule has 0 aliphatic rings. The van der Waals surface area contributed by atoms with Gasteiger partial charge in [0.25, 0.3) is 0 Å². The average Bonchev–Trinajstić information content (AvgIpc) is 2.63. The van der Waals surface area contributed by atoms with Crippen molar-refractivity contribution in [2.75, 3.05) is 6.54 Å². The minimum Gasteiger partial charge on any atom is -0.361 e. The van der Waals surface area contributed by atoms with Gasteiger partial charge in [-0.1, -0.05) is 32.0 Å². The monoisotopic (exact) mass is 216 g/mol. The van der Waals surface area contributed by atoms with Crippen LogP contribution in [0.2, 0.25) is 0 Å². The van der Waals surface area contributed by atoms with Gasteiger partial charge in [-0.25, -0.2) is 0 Å². The number of hydrogen-bond donors (Lipinski definition) is 2. The van der Waals surface area contributed by atoms with Crippen molar-refractivity contribution in [1.82, 2.24) is 4.98 Å². The topological polar surface area (TPSA) is 41.8 Å². The van der Waals surface area contributed by atoms with Crippen molar-refractivity contribution in [1.29, 1.82) is 0 Å². The van der Waals surface area contributed by atoms with E-state index in [1.54, 1.807) is 0 Å². The Morgan fingerprint density at radius 2 is 2.06 bits per heavy atom. The fraction of sp³-hybridized carbons (Fsp3) is 0.429. The lowest BCUT2D eigenvalue weighted by Crippen LogP contribution is -2.21. The first-order valence-corrected chi connectivity index (χ1v) is 5.83. The molecule has 2 heteroatoms. The van der Waals surface area contributed by atoms with Crippen LogP contribution in [0.3, 0.4) is 0 Å². The quantitative estimate of drug-likeness (QED) is 0.813. The number of aromatic nitrogens is 1. The molecule has 1 aromatic heterocycles. The van der Waals surface area contributed by atoms with Crippen molar-refractivity contribution in [2.24, 2.45) is 5.73 Å². The molecule has 2 rings (SSSR count). The number of aryl methyl sites for hydroxylation is 1. The van der Waals surface area contributed by atoms with Crippen LogP contribution in [0.25, 0.3) is 10.9 Å². The Morgan fingerprint density at radius 3 is 2.75 bits per heavy atom. The summed E-state index contributed by atoms with van der Waals surface area (Å²) in [4.78, 5) is 3.38. The Morgan fingerprint density at radius 1 is 1.31 bits per heavy atom. The first-order chi connectivity index (χ1) is 7.56. The van der Waals surface area contributed by atoms with Gasteiger partial charge in [-0.05, 0) is 36.4 Å². The normalized spacial score (nSPS) is 12.2. The lowest BCUT2D eigenvalue weighted by Gasteiger charge is -2.23. The molecular formula is C14H20N2. The van der Waals surface area contributed by atoms with Gasteiger partial charge in [0.05, 0.1) is 0 Å². The Labute approximate surface area is 96.9 Å². The highest BCUT2D eigenvalue weighted by Crippen LogP contribution is 2.33. The van der Waals surface area contributed by atoms with Crippen molar-refractivity contribution in [3.05, 3.63) is 35.5 Å². The van der Waals surface area contributed by atoms with E-state index >= 15 is 0 Å². The molecule has 0 aliphatic carbocycles. The molecule has 0 unspecified atom stereocenters. The largest absolute Gasteiger partial charge is 0.361 e. The van der Waals surface area contributed by atoms with Crippen LogP contribution in [0.4, 0.5) is 0 Å². The van der Waals surface area contributed by atoms with E-state index in [9.17, 15) is 0 Å². The summed E-state index contributed by atoms with van der Waals surface area (Å²) in [6, 6.07) is 6.44. The van der Waals surface area contributed by atoms with Gasteiger partial charge in [0.2, 0.25) is 0 Å². The van der Waals surface area contributed by atoms with Crippen LogP contribution in [0.15, 0.2) is 24.4 Å². The van der Waals surface area contributed by atoms with Gasteiger partial charge in [0.15, 0.2) is 0 Å². The van der Waals surface area contributed by atoms with Gasteiger partial charge in [0.1, 0.15) is 0 Å². The smallest absolute Gasteiger partial charge is 0.0486 e. The fourth-order valence-corrected chi connectivity index (χ4v) is 2.36. The fourth-order valence-electron chi connectivity index (χ4n) is 2.36. The number of nitrogens with two attached hydrogens (primary N) is 1. The van der Waals surface area contributed by atoms with E-state index in [1.807, 2.05) is 0 Å². The van der Waals surface area contributed by atoms with Crippen LogP contribution in [0, 0.1) is 6.92 Å². The van der Waals surface area contributed by atoms with Crippen molar-refractivity contribution in [3.8, 4) is 0 Å². The van der Waals surface area contributed by atoms with Crippen molar-refractivity contribution < 1.29 is 0 Å². The third-order valence-corrected chi connectivity index (χ3v) is 3.42. The maximum absolute atomic E-state index is 5.68. The van der Waals surface area contributed by atoms with E-state index < -0.39 is 0 Å². The van der Waals surface area contributed by atoms with Crippen LogP contribution < -0.4 is 5.73 Å². The van der Waals surface area contributed by atoms with E-state index in [0.29, 0.717) is 0 Å². The van der Waals surface area contributed by atoms with Crippen LogP contribution in [0.5, 0.6) is 0 Å². The molecule has 1 aromatic carbocycles. The highest BCUT2D eigenvalue weighted by molar-refractivity contribution is 5.86. The number of nitrogens with one attached hydrogen (secondary N) is 1. The predicted molar refractivity (Wildman–Crippen MR) is 69.7 cm³/mol. The molecule has 0 amide bonds. The molecule has 0 saturated carbocycles. The lowest BCUT2D eigenvalue weighted by molar-refractivity contribution is 0.491. The molecule has 2 nitrogen and oxygen atoms in total. The third-order valence-electron chi connectivity index (χ3n) is 3.42. The molecule has 2 aromatic rings. The molecule has 0 fully saturated rings. The van der Waals surface area contributed by atoms with E-state index in [-0.39, 0.29) is 5.41 Å². The van der Waals surface area contributed by atoms with Crippen LogP contribution in [-0.4, -0.2) is 11.5 Å². The standard InChI is InChI=1S/C14H20N2/c1-10-5-4-6-11-12(9-16-13(10)11)14(2,3)7-8-15/h4-6,9,16H,7-8,15H2,1-3H3. The number of benzene rings is 1. The Hall–Kier alpha value is -1.28. The second-order valence-electron chi connectivity index (χ2n) is 5.12. The molecule has 86 valence electrons. The van der Waals surface area contributed by atoms with Crippen LogP contribution >= 0.6 is 0 Å². The molecule has 1 heterocycles. The zero-order valence-electron chi connectivity index (χ0n) is 10.3. The number of fused-ring (bicyclic) bond motifs is 1. The van der Waals surface area contributed by atoms with Crippen molar-refractivity contribution >= 4 is 10.9 Å². The highest BCUT2D eigenvalue weighted by atomic mass is 14.7. The SMILES string of the molecule is Cc1cccc2c(C(C)(C)CCN)c[nH]c12. The van der Waals surface area contributed by atoms with Crippen molar-refractivity contribution in [2.45, 2.75) is 32.6 Å². The Kier molecular flexibility index (Phi) is 2.76. The second-order valence-corrected chi connectivity index (χ2v) is 5.12. The van der Waals surface area contributed by atoms with Gasteiger partial charge in [-0.15, -0.1) is 0 Å². The van der Waals surface area contributed by atoms with E-state index in [4.69, 9.17) is 5.73 Å². The lowest BCUT2D eigenvalue weighted by atomic mass is 9.81. The maximum Gasteiger partial charge on any atom is 0.0486 e. The number of aromatic amines is 1. The van der Waals surface area contributed by atoms with Gasteiger partial charge >= 0.3 is 0 Å². The van der Waals surface area contributed by atoms with Gasteiger partial charge in [-0.3, -0.25) is 0 Å². The van der Waals surface area contributed by atoms with Crippen LogP contribution in [0.1, 0.15) is 31.4 Å². The molecule has 0 aliphatic heterocycles. The Balaban J connectivity index is 2.58. The number of hydrogen-bond acceptors (Lipinski definition) is 1. The predicted octanol–water partition coefficient (Wildman–Crippen LogP) is 3.10. The molecule has 0 atom stereocenters.